The summed E-state index contributed by atoms with van der Waals surface area (Å²) >= 11 is 5.36. The predicted molar refractivity (Wildman–Crippen MR) is 94.0 cm³/mol. The van der Waals surface area contributed by atoms with Crippen molar-refractivity contribution in [1.29, 1.82) is 0 Å². The van der Waals surface area contributed by atoms with Gasteiger partial charge in [0.2, 0.25) is 5.91 Å². The minimum absolute atomic E-state index is 0.00424. The van der Waals surface area contributed by atoms with Crippen molar-refractivity contribution in [3.63, 3.8) is 0 Å². The number of carbonyl (C=O) groups excluding carboxylic acids is 1. The summed E-state index contributed by atoms with van der Waals surface area (Å²) in [5.74, 6) is 0.0851. The number of nitrogens with one attached hydrogen (secondary N) is 1. The van der Waals surface area contributed by atoms with E-state index >= 15 is 0 Å². The molecule has 1 unspecified atom stereocenters. The maximum absolute atomic E-state index is 12.3. The monoisotopic (exact) mass is 378 g/mol. The molecular formula is C17H19BrN2OS. The molecule has 3 rings (SSSR count). The quantitative estimate of drug-likeness (QED) is 0.878. The molecule has 5 heteroatoms. The van der Waals surface area contributed by atoms with Gasteiger partial charge >= 0.3 is 0 Å². The van der Waals surface area contributed by atoms with Gasteiger partial charge in [0.1, 0.15) is 0 Å². The molecule has 1 amide bonds. The first kappa shape index (κ1) is 15.7. The van der Waals surface area contributed by atoms with Crippen LogP contribution in [0.15, 0.2) is 40.2 Å². The smallest absolute Gasteiger partial charge is 0.234 e. The van der Waals surface area contributed by atoms with Gasteiger partial charge in [0.15, 0.2) is 0 Å². The second kappa shape index (κ2) is 6.94. The van der Waals surface area contributed by atoms with Crippen molar-refractivity contribution < 1.29 is 4.79 Å². The van der Waals surface area contributed by atoms with Crippen molar-refractivity contribution in [3.05, 3.63) is 56.2 Å². The Kier molecular flexibility index (Phi) is 4.96. The average Bonchev–Trinajstić information content (AvgIpc) is 2.95. The molecule has 0 aliphatic carbocycles. The topological polar surface area (TPSA) is 32.3 Å². The van der Waals surface area contributed by atoms with E-state index in [0.29, 0.717) is 6.54 Å². The summed E-state index contributed by atoms with van der Waals surface area (Å²) in [5, 5.41) is 5.24. The molecule has 0 spiro atoms. The SMILES string of the molecule is CC(NC(=O)CN1CCc2sccc2C1)c1ccccc1Br. The van der Waals surface area contributed by atoms with Crippen molar-refractivity contribution in [2.24, 2.45) is 0 Å². The highest BCUT2D eigenvalue weighted by Crippen LogP contribution is 2.24. The fourth-order valence-corrected chi connectivity index (χ4v) is 4.35. The van der Waals surface area contributed by atoms with E-state index in [1.165, 1.54) is 10.4 Å². The summed E-state index contributed by atoms with van der Waals surface area (Å²) in [4.78, 5) is 16.0. The zero-order chi connectivity index (χ0) is 15.5. The third-order valence-corrected chi connectivity index (χ3v) is 5.75. The highest BCUT2D eigenvalue weighted by Gasteiger charge is 2.20. The van der Waals surface area contributed by atoms with Crippen LogP contribution in [0.2, 0.25) is 0 Å². The van der Waals surface area contributed by atoms with Crippen molar-refractivity contribution in [3.8, 4) is 0 Å². The highest BCUT2D eigenvalue weighted by atomic mass is 79.9. The minimum atomic E-state index is 0.00424. The zero-order valence-corrected chi connectivity index (χ0v) is 14.9. The first-order valence-corrected chi connectivity index (χ1v) is 9.12. The van der Waals surface area contributed by atoms with Gasteiger partial charge in [0.05, 0.1) is 12.6 Å². The van der Waals surface area contributed by atoms with E-state index in [-0.39, 0.29) is 11.9 Å². The normalized spacial score (nSPS) is 16.1. The fraction of sp³-hybridized carbons (Fsp3) is 0.353. The van der Waals surface area contributed by atoms with Crippen LogP contribution >= 0.6 is 27.3 Å². The lowest BCUT2D eigenvalue weighted by Crippen LogP contribution is -2.40. The van der Waals surface area contributed by atoms with Crippen LogP contribution in [0.3, 0.4) is 0 Å². The van der Waals surface area contributed by atoms with Crippen LogP contribution in [0.4, 0.5) is 0 Å². The highest BCUT2D eigenvalue weighted by molar-refractivity contribution is 9.10. The number of hydrogen-bond donors (Lipinski definition) is 1. The fourth-order valence-electron chi connectivity index (χ4n) is 2.84. The van der Waals surface area contributed by atoms with Gasteiger partial charge in [-0.1, -0.05) is 34.1 Å². The first-order chi connectivity index (χ1) is 10.6. The molecule has 116 valence electrons. The molecule has 1 aliphatic rings. The van der Waals surface area contributed by atoms with Gasteiger partial charge in [-0.2, -0.15) is 0 Å². The Balaban J connectivity index is 1.56. The van der Waals surface area contributed by atoms with Crippen molar-refractivity contribution >= 4 is 33.2 Å². The summed E-state index contributed by atoms with van der Waals surface area (Å²) in [6, 6.07) is 10.2. The number of hydrogen-bond acceptors (Lipinski definition) is 3. The Labute approximate surface area is 143 Å². The van der Waals surface area contributed by atoms with Gasteiger partial charge in [0.25, 0.3) is 0 Å². The van der Waals surface area contributed by atoms with E-state index in [1.807, 2.05) is 42.5 Å². The summed E-state index contributed by atoms with van der Waals surface area (Å²) < 4.78 is 1.03. The summed E-state index contributed by atoms with van der Waals surface area (Å²) in [6.07, 6.45) is 1.06. The van der Waals surface area contributed by atoms with Crippen LogP contribution in [-0.2, 0) is 17.8 Å². The number of rotatable bonds is 4. The molecule has 0 saturated carbocycles. The van der Waals surface area contributed by atoms with E-state index in [2.05, 4.69) is 37.6 Å². The minimum Gasteiger partial charge on any atom is -0.348 e. The second-order valence-electron chi connectivity index (χ2n) is 5.64. The van der Waals surface area contributed by atoms with Crippen molar-refractivity contribution in [2.75, 3.05) is 13.1 Å². The number of carbonyl (C=O) groups is 1. The summed E-state index contributed by atoms with van der Waals surface area (Å²) in [6.45, 7) is 4.33. The van der Waals surface area contributed by atoms with Crippen LogP contribution in [0.5, 0.6) is 0 Å². The Morgan fingerprint density at radius 1 is 1.41 bits per heavy atom. The Bertz CT molecular complexity index is 670. The molecule has 1 atom stereocenters. The van der Waals surface area contributed by atoms with Gasteiger partial charge in [-0.05, 0) is 42.0 Å². The van der Waals surface area contributed by atoms with Gasteiger partial charge in [0, 0.05) is 22.4 Å². The Morgan fingerprint density at radius 2 is 2.23 bits per heavy atom. The number of thiophene rings is 1. The zero-order valence-electron chi connectivity index (χ0n) is 12.5. The molecule has 0 saturated heterocycles. The lowest BCUT2D eigenvalue weighted by molar-refractivity contribution is -0.123. The second-order valence-corrected chi connectivity index (χ2v) is 7.50. The standard InChI is InChI=1S/C17H19BrN2OS/c1-12(14-4-2-3-5-15(14)18)19-17(21)11-20-8-6-16-13(10-20)7-9-22-16/h2-5,7,9,12H,6,8,10-11H2,1H3,(H,19,21). The van der Waals surface area contributed by atoms with Crippen molar-refractivity contribution in [2.45, 2.75) is 25.9 Å². The van der Waals surface area contributed by atoms with Crippen LogP contribution in [-0.4, -0.2) is 23.9 Å². The van der Waals surface area contributed by atoms with E-state index in [1.54, 1.807) is 0 Å². The van der Waals surface area contributed by atoms with Crippen LogP contribution < -0.4 is 5.32 Å². The molecule has 0 radical (unpaired) electrons. The van der Waals surface area contributed by atoms with Gasteiger partial charge in [-0.3, -0.25) is 9.69 Å². The molecule has 3 nitrogen and oxygen atoms in total. The third-order valence-electron chi connectivity index (χ3n) is 4.00. The summed E-state index contributed by atoms with van der Waals surface area (Å²) in [7, 11) is 0. The van der Waals surface area contributed by atoms with Crippen molar-refractivity contribution in [1.82, 2.24) is 10.2 Å². The van der Waals surface area contributed by atoms with E-state index in [4.69, 9.17) is 0 Å². The van der Waals surface area contributed by atoms with E-state index in [0.717, 1.165) is 29.5 Å². The van der Waals surface area contributed by atoms with E-state index < -0.39 is 0 Å². The Hall–Kier alpha value is -1.17. The Morgan fingerprint density at radius 3 is 3.05 bits per heavy atom. The molecule has 0 fully saturated rings. The molecule has 1 aliphatic heterocycles. The van der Waals surface area contributed by atoms with E-state index in [9.17, 15) is 4.79 Å². The average molecular weight is 379 g/mol. The summed E-state index contributed by atoms with van der Waals surface area (Å²) in [5.41, 5.74) is 2.48. The van der Waals surface area contributed by atoms with Gasteiger partial charge < -0.3 is 5.32 Å². The number of amides is 1. The lowest BCUT2D eigenvalue weighted by atomic mass is 10.1. The molecular weight excluding hydrogens is 360 g/mol. The molecule has 1 aromatic heterocycles. The molecule has 1 aromatic carbocycles. The lowest BCUT2D eigenvalue weighted by Gasteiger charge is -2.27. The molecule has 1 N–H and O–H groups in total. The predicted octanol–water partition coefficient (Wildman–Crippen LogP) is 3.75. The molecule has 2 aromatic rings. The number of halogens is 1. The van der Waals surface area contributed by atoms with Crippen LogP contribution in [0.1, 0.15) is 29.0 Å². The van der Waals surface area contributed by atoms with Gasteiger partial charge in [-0.15, -0.1) is 11.3 Å². The largest absolute Gasteiger partial charge is 0.348 e. The van der Waals surface area contributed by atoms with Crippen LogP contribution in [0, 0.1) is 0 Å². The molecule has 0 bridgehead atoms. The molecule has 22 heavy (non-hydrogen) atoms. The maximum atomic E-state index is 12.3. The van der Waals surface area contributed by atoms with Crippen LogP contribution in [0.25, 0.3) is 0 Å². The first-order valence-electron chi connectivity index (χ1n) is 7.45. The van der Waals surface area contributed by atoms with Gasteiger partial charge in [-0.25, -0.2) is 0 Å². The molecule has 2 heterocycles. The number of nitrogens with zero attached hydrogens (tertiary/aromatic N) is 1. The number of benzene rings is 1. The third kappa shape index (κ3) is 3.59. The number of fused-ring (bicyclic) bond motifs is 1. The maximum Gasteiger partial charge on any atom is 0.234 e.